The molecule has 1 fully saturated rings. The third kappa shape index (κ3) is 2.63. The topological polar surface area (TPSA) is 20.2 Å². The molecule has 3 rings (SSSR count). The molecule has 1 aliphatic carbocycles. The summed E-state index contributed by atoms with van der Waals surface area (Å²) in [5.74, 6) is 0.624. The highest BCUT2D eigenvalue weighted by molar-refractivity contribution is 5.44. The predicted octanol–water partition coefficient (Wildman–Crippen LogP) is 4.83. The van der Waals surface area contributed by atoms with E-state index in [1.165, 1.54) is 36.0 Å². The molecule has 1 aliphatic rings. The van der Waals surface area contributed by atoms with E-state index < -0.39 is 5.60 Å². The van der Waals surface area contributed by atoms with E-state index in [2.05, 4.69) is 50.2 Å². The largest absolute Gasteiger partial charge is 0.381 e. The van der Waals surface area contributed by atoms with Crippen molar-refractivity contribution < 1.29 is 5.11 Å². The zero-order valence-corrected chi connectivity index (χ0v) is 13.2. The Bertz CT molecular complexity index is 630. The molecule has 1 N–H and O–H groups in total. The Kier molecular flexibility index (Phi) is 3.62. The van der Waals surface area contributed by atoms with Gasteiger partial charge in [-0.15, -0.1) is 0 Å². The van der Waals surface area contributed by atoms with Crippen LogP contribution in [0.3, 0.4) is 0 Å². The minimum absolute atomic E-state index is 0.624. The Hall–Kier alpha value is -1.60. The monoisotopic (exact) mass is 280 g/mol. The lowest BCUT2D eigenvalue weighted by Gasteiger charge is -2.33. The minimum Gasteiger partial charge on any atom is -0.381 e. The molecule has 110 valence electrons. The van der Waals surface area contributed by atoms with Crippen LogP contribution in [0.25, 0.3) is 0 Å². The van der Waals surface area contributed by atoms with Gasteiger partial charge in [0.2, 0.25) is 0 Å². The average Bonchev–Trinajstić information content (AvgIpc) is 2.36. The lowest BCUT2D eigenvalue weighted by molar-refractivity contribution is 0.0999. The van der Waals surface area contributed by atoms with E-state index in [-0.39, 0.29) is 0 Å². The number of aryl methyl sites for hydroxylation is 2. The fraction of sp³-hybridized carbons (Fsp3) is 0.400. The van der Waals surface area contributed by atoms with Crippen LogP contribution >= 0.6 is 0 Å². The van der Waals surface area contributed by atoms with Crippen LogP contribution in [0.15, 0.2) is 42.5 Å². The first-order valence-electron chi connectivity index (χ1n) is 7.89. The second kappa shape index (κ2) is 5.31. The normalized spacial score (nSPS) is 18.1. The Balaban J connectivity index is 2.09. The summed E-state index contributed by atoms with van der Waals surface area (Å²) in [4.78, 5) is 0. The van der Waals surface area contributed by atoms with Crippen LogP contribution in [0.4, 0.5) is 0 Å². The van der Waals surface area contributed by atoms with E-state index >= 15 is 0 Å². The van der Waals surface area contributed by atoms with Gasteiger partial charge in [-0.05, 0) is 56.2 Å². The summed E-state index contributed by atoms with van der Waals surface area (Å²) in [5, 5.41) is 11.3. The van der Waals surface area contributed by atoms with E-state index in [1.54, 1.807) is 0 Å². The molecule has 0 bridgehead atoms. The molecule has 2 aromatic carbocycles. The lowest BCUT2D eigenvalue weighted by Crippen LogP contribution is -2.26. The molecular weight excluding hydrogens is 256 g/mol. The molecule has 0 aliphatic heterocycles. The predicted molar refractivity (Wildman–Crippen MR) is 87.6 cm³/mol. The van der Waals surface area contributed by atoms with Crippen molar-refractivity contribution in [1.29, 1.82) is 0 Å². The molecule has 0 amide bonds. The number of hydrogen-bond acceptors (Lipinski definition) is 1. The highest BCUT2D eigenvalue weighted by Crippen LogP contribution is 2.42. The Morgan fingerprint density at radius 1 is 1.00 bits per heavy atom. The molecule has 0 radical (unpaired) electrons. The molecule has 1 saturated carbocycles. The number of rotatable bonds is 3. The van der Waals surface area contributed by atoms with Gasteiger partial charge in [0.05, 0.1) is 0 Å². The highest BCUT2D eigenvalue weighted by atomic mass is 16.3. The zero-order chi connectivity index (χ0) is 15.0. The molecule has 1 nitrogen and oxygen atoms in total. The fourth-order valence-electron chi connectivity index (χ4n) is 3.43. The quantitative estimate of drug-likeness (QED) is 0.854. The molecule has 0 saturated heterocycles. The first kappa shape index (κ1) is 14.3. The van der Waals surface area contributed by atoms with Crippen LogP contribution in [0.1, 0.15) is 59.9 Å². The summed E-state index contributed by atoms with van der Waals surface area (Å²) in [5.41, 5.74) is 4.86. The van der Waals surface area contributed by atoms with Crippen LogP contribution in [0.5, 0.6) is 0 Å². The molecular formula is C20H24O. The summed E-state index contributed by atoms with van der Waals surface area (Å²) >= 11 is 0. The maximum Gasteiger partial charge on any atom is 0.112 e. The summed E-state index contributed by atoms with van der Waals surface area (Å²) in [6, 6.07) is 14.8. The second-order valence-electron chi connectivity index (χ2n) is 6.66. The van der Waals surface area contributed by atoms with Crippen LogP contribution in [-0.2, 0) is 5.60 Å². The van der Waals surface area contributed by atoms with E-state index in [0.717, 1.165) is 11.1 Å². The van der Waals surface area contributed by atoms with Gasteiger partial charge in [0.15, 0.2) is 0 Å². The van der Waals surface area contributed by atoms with E-state index in [9.17, 15) is 5.11 Å². The van der Waals surface area contributed by atoms with Crippen molar-refractivity contribution in [2.45, 2.75) is 51.6 Å². The lowest BCUT2D eigenvalue weighted by atomic mass is 9.74. The summed E-state index contributed by atoms with van der Waals surface area (Å²) in [6.07, 6.45) is 3.81. The highest BCUT2D eigenvalue weighted by Gasteiger charge is 2.32. The average molecular weight is 280 g/mol. The molecule has 0 heterocycles. The van der Waals surface area contributed by atoms with Gasteiger partial charge in [-0.2, -0.15) is 0 Å². The van der Waals surface area contributed by atoms with Gasteiger partial charge in [-0.25, -0.2) is 0 Å². The number of aliphatic hydroxyl groups is 1. The van der Waals surface area contributed by atoms with Gasteiger partial charge < -0.3 is 5.11 Å². The minimum atomic E-state index is -0.928. The Morgan fingerprint density at radius 2 is 1.62 bits per heavy atom. The van der Waals surface area contributed by atoms with Gasteiger partial charge in [0.25, 0.3) is 0 Å². The van der Waals surface area contributed by atoms with E-state index in [1.807, 2.05) is 13.0 Å². The van der Waals surface area contributed by atoms with Gasteiger partial charge in [0, 0.05) is 0 Å². The fourth-order valence-corrected chi connectivity index (χ4v) is 3.43. The van der Waals surface area contributed by atoms with Crippen molar-refractivity contribution >= 4 is 0 Å². The van der Waals surface area contributed by atoms with E-state index in [4.69, 9.17) is 0 Å². The maximum absolute atomic E-state index is 11.3. The van der Waals surface area contributed by atoms with Crippen molar-refractivity contribution in [1.82, 2.24) is 0 Å². The van der Waals surface area contributed by atoms with Crippen molar-refractivity contribution in [3.63, 3.8) is 0 Å². The van der Waals surface area contributed by atoms with Crippen molar-refractivity contribution in [2.75, 3.05) is 0 Å². The van der Waals surface area contributed by atoms with Crippen LogP contribution in [0, 0.1) is 13.8 Å². The second-order valence-corrected chi connectivity index (χ2v) is 6.66. The standard InChI is InChI=1S/C20H24O/c1-14-11-15(2)13-17(12-14)20(3,21)19-10-5-4-9-18(19)16-7-6-8-16/h4-5,9-13,16,21H,6-8H2,1-3H3. The van der Waals surface area contributed by atoms with Gasteiger partial charge in [-0.3, -0.25) is 0 Å². The van der Waals surface area contributed by atoms with Crippen LogP contribution < -0.4 is 0 Å². The van der Waals surface area contributed by atoms with Crippen LogP contribution in [-0.4, -0.2) is 5.11 Å². The van der Waals surface area contributed by atoms with Gasteiger partial charge in [0.1, 0.15) is 5.60 Å². The van der Waals surface area contributed by atoms with E-state index in [0.29, 0.717) is 5.92 Å². The first-order chi connectivity index (χ1) is 9.98. The summed E-state index contributed by atoms with van der Waals surface area (Å²) < 4.78 is 0. The molecule has 1 atom stereocenters. The molecule has 21 heavy (non-hydrogen) atoms. The molecule has 1 heteroatoms. The number of benzene rings is 2. The van der Waals surface area contributed by atoms with Crippen molar-refractivity contribution in [3.8, 4) is 0 Å². The smallest absolute Gasteiger partial charge is 0.112 e. The summed E-state index contributed by atoms with van der Waals surface area (Å²) in [7, 11) is 0. The van der Waals surface area contributed by atoms with Crippen molar-refractivity contribution in [2.24, 2.45) is 0 Å². The SMILES string of the molecule is Cc1cc(C)cc(C(C)(O)c2ccccc2C2CCC2)c1. The molecule has 1 unspecified atom stereocenters. The first-order valence-corrected chi connectivity index (χ1v) is 7.89. The van der Waals surface area contributed by atoms with Gasteiger partial charge in [-0.1, -0.05) is 60.0 Å². The summed E-state index contributed by atoms with van der Waals surface area (Å²) in [6.45, 7) is 6.10. The molecule has 0 aromatic heterocycles. The Labute approximate surface area is 127 Å². The Morgan fingerprint density at radius 3 is 2.19 bits per heavy atom. The zero-order valence-electron chi connectivity index (χ0n) is 13.2. The van der Waals surface area contributed by atoms with Gasteiger partial charge >= 0.3 is 0 Å². The maximum atomic E-state index is 11.3. The van der Waals surface area contributed by atoms with Crippen LogP contribution in [0.2, 0.25) is 0 Å². The third-order valence-electron chi connectivity index (χ3n) is 4.81. The third-order valence-corrected chi connectivity index (χ3v) is 4.81. The van der Waals surface area contributed by atoms with Crippen molar-refractivity contribution in [3.05, 3.63) is 70.3 Å². The number of hydrogen-bond donors (Lipinski definition) is 1. The molecule has 0 spiro atoms. The molecule has 2 aromatic rings.